The van der Waals surface area contributed by atoms with E-state index in [0.717, 1.165) is 0 Å². The lowest BCUT2D eigenvalue weighted by molar-refractivity contribution is -0.384. The number of rotatable bonds is 8. The van der Waals surface area contributed by atoms with Crippen LogP contribution in [0.1, 0.15) is 0 Å². The highest BCUT2D eigenvalue weighted by atomic mass is 16.6. The van der Waals surface area contributed by atoms with Crippen LogP contribution in [0.3, 0.4) is 0 Å². The Morgan fingerprint density at radius 2 is 1.89 bits per heavy atom. The monoisotopic (exact) mass is 270 g/mol. The van der Waals surface area contributed by atoms with Gasteiger partial charge in [0.15, 0.2) is 0 Å². The predicted octanol–water partition coefficient (Wildman–Crippen LogP) is 0.671. The Morgan fingerprint density at radius 3 is 2.37 bits per heavy atom. The summed E-state index contributed by atoms with van der Waals surface area (Å²) in [4.78, 5) is 16.3. The van der Waals surface area contributed by atoms with E-state index < -0.39 is 4.92 Å². The van der Waals surface area contributed by atoms with E-state index in [-0.39, 0.29) is 17.3 Å². The van der Waals surface area contributed by atoms with Gasteiger partial charge in [-0.3, -0.25) is 10.1 Å². The Morgan fingerprint density at radius 1 is 1.32 bits per heavy atom. The van der Waals surface area contributed by atoms with Gasteiger partial charge in [0.1, 0.15) is 5.82 Å². The van der Waals surface area contributed by atoms with Gasteiger partial charge in [-0.1, -0.05) is 0 Å². The summed E-state index contributed by atoms with van der Waals surface area (Å²) in [5.74, 6) is 0.472. The zero-order valence-electron chi connectivity index (χ0n) is 11.0. The Hall–Kier alpha value is -1.93. The minimum atomic E-state index is -0.478. The van der Waals surface area contributed by atoms with Crippen molar-refractivity contribution in [2.75, 3.05) is 51.2 Å². The summed E-state index contributed by atoms with van der Waals surface area (Å²) in [6.07, 6.45) is 0. The van der Waals surface area contributed by atoms with E-state index in [1.165, 1.54) is 12.1 Å². The molecule has 0 radical (unpaired) electrons. The third-order valence-electron chi connectivity index (χ3n) is 2.50. The number of nitro groups is 1. The molecule has 8 heteroatoms. The number of nitrogen functional groups attached to an aromatic ring is 1. The SMILES string of the molecule is COCCN(CCOC)c1nc(N)ccc1[N+](=O)[O-]. The Balaban J connectivity index is 3.03. The molecule has 1 aromatic rings. The van der Waals surface area contributed by atoms with Crippen molar-refractivity contribution in [3.05, 3.63) is 22.2 Å². The molecule has 1 rings (SSSR count). The molecule has 0 aliphatic heterocycles. The summed E-state index contributed by atoms with van der Waals surface area (Å²) in [5.41, 5.74) is 5.52. The summed E-state index contributed by atoms with van der Waals surface area (Å²) < 4.78 is 9.99. The number of hydrogen-bond acceptors (Lipinski definition) is 7. The summed E-state index contributed by atoms with van der Waals surface area (Å²) in [7, 11) is 3.13. The van der Waals surface area contributed by atoms with Gasteiger partial charge in [0, 0.05) is 33.4 Å². The van der Waals surface area contributed by atoms with E-state index in [1.54, 1.807) is 19.1 Å². The third kappa shape index (κ3) is 4.34. The maximum atomic E-state index is 11.0. The van der Waals surface area contributed by atoms with Crippen LogP contribution >= 0.6 is 0 Å². The van der Waals surface area contributed by atoms with Gasteiger partial charge in [0.05, 0.1) is 18.1 Å². The number of nitrogens with two attached hydrogens (primary N) is 1. The van der Waals surface area contributed by atoms with Crippen LogP contribution < -0.4 is 10.6 Å². The minimum Gasteiger partial charge on any atom is -0.384 e. The smallest absolute Gasteiger partial charge is 0.311 e. The zero-order chi connectivity index (χ0) is 14.3. The van der Waals surface area contributed by atoms with Crippen LogP contribution in [0.4, 0.5) is 17.3 Å². The number of methoxy groups -OCH3 is 2. The van der Waals surface area contributed by atoms with Gasteiger partial charge in [-0.15, -0.1) is 0 Å². The number of pyridine rings is 1. The molecule has 0 spiro atoms. The lowest BCUT2D eigenvalue weighted by atomic mass is 10.3. The van der Waals surface area contributed by atoms with Crippen LogP contribution in [-0.2, 0) is 9.47 Å². The molecule has 0 saturated carbocycles. The summed E-state index contributed by atoms with van der Waals surface area (Å²) in [6.45, 7) is 1.79. The van der Waals surface area contributed by atoms with E-state index in [2.05, 4.69) is 4.98 Å². The predicted molar refractivity (Wildman–Crippen MR) is 71.3 cm³/mol. The van der Waals surface area contributed by atoms with E-state index >= 15 is 0 Å². The molecule has 0 saturated heterocycles. The Bertz CT molecular complexity index is 419. The quantitative estimate of drug-likeness (QED) is 0.547. The van der Waals surface area contributed by atoms with Crippen molar-refractivity contribution in [2.45, 2.75) is 0 Å². The van der Waals surface area contributed by atoms with E-state index in [4.69, 9.17) is 15.2 Å². The van der Waals surface area contributed by atoms with Crippen LogP contribution in [0.2, 0.25) is 0 Å². The van der Waals surface area contributed by atoms with Crippen molar-refractivity contribution in [1.82, 2.24) is 4.98 Å². The van der Waals surface area contributed by atoms with Crippen molar-refractivity contribution in [3.63, 3.8) is 0 Å². The van der Waals surface area contributed by atoms with Crippen molar-refractivity contribution in [2.24, 2.45) is 0 Å². The highest BCUT2D eigenvalue weighted by molar-refractivity contribution is 5.61. The van der Waals surface area contributed by atoms with Crippen molar-refractivity contribution < 1.29 is 14.4 Å². The van der Waals surface area contributed by atoms with Gasteiger partial charge >= 0.3 is 5.69 Å². The molecule has 0 unspecified atom stereocenters. The molecule has 1 aromatic heterocycles. The van der Waals surface area contributed by atoms with Crippen molar-refractivity contribution in [3.8, 4) is 0 Å². The van der Waals surface area contributed by atoms with Crippen LogP contribution in [-0.4, -0.2) is 50.4 Å². The molecule has 2 N–H and O–H groups in total. The Kier molecular flexibility index (Phi) is 5.97. The lowest BCUT2D eigenvalue weighted by Gasteiger charge is -2.22. The second kappa shape index (κ2) is 7.49. The maximum absolute atomic E-state index is 11.0. The fourth-order valence-electron chi connectivity index (χ4n) is 1.56. The lowest BCUT2D eigenvalue weighted by Crippen LogP contribution is -2.32. The average molecular weight is 270 g/mol. The molecule has 0 amide bonds. The molecule has 0 aromatic carbocycles. The van der Waals surface area contributed by atoms with Crippen LogP contribution in [0.5, 0.6) is 0 Å². The number of ether oxygens (including phenoxy) is 2. The minimum absolute atomic E-state index is 0.0820. The molecule has 0 bridgehead atoms. The van der Waals surface area contributed by atoms with E-state index in [0.29, 0.717) is 26.3 Å². The van der Waals surface area contributed by atoms with Gasteiger partial charge in [-0.25, -0.2) is 4.98 Å². The van der Waals surface area contributed by atoms with Crippen molar-refractivity contribution >= 4 is 17.3 Å². The highest BCUT2D eigenvalue weighted by Gasteiger charge is 2.21. The molecule has 8 nitrogen and oxygen atoms in total. The molecule has 1 heterocycles. The number of hydrogen-bond donors (Lipinski definition) is 1. The molecule has 0 fully saturated rings. The molecular weight excluding hydrogens is 252 g/mol. The van der Waals surface area contributed by atoms with Gasteiger partial charge < -0.3 is 20.1 Å². The first-order valence-electron chi connectivity index (χ1n) is 5.74. The van der Waals surface area contributed by atoms with Gasteiger partial charge in [-0.05, 0) is 6.07 Å². The summed E-state index contributed by atoms with van der Waals surface area (Å²) in [6, 6.07) is 2.76. The van der Waals surface area contributed by atoms with Gasteiger partial charge in [0.25, 0.3) is 0 Å². The zero-order valence-corrected chi connectivity index (χ0v) is 11.0. The highest BCUT2D eigenvalue weighted by Crippen LogP contribution is 2.26. The van der Waals surface area contributed by atoms with Gasteiger partial charge in [0.2, 0.25) is 5.82 Å². The first-order valence-corrected chi connectivity index (χ1v) is 5.74. The van der Waals surface area contributed by atoms with E-state index in [9.17, 15) is 10.1 Å². The topological polar surface area (TPSA) is 104 Å². The first kappa shape index (κ1) is 15.1. The third-order valence-corrected chi connectivity index (χ3v) is 2.50. The second-order valence-electron chi connectivity index (χ2n) is 3.81. The summed E-state index contributed by atoms with van der Waals surface area (Å²) >= 11 is 0. The van der Waals surface area contributed by atoms with Crippen LogP contribution in [0.25, 0.3) is 0 Å². The van der Waals surface area contributed by atoms with Crippen LogP contribution in [0, 0.1) is 10.1 Å². The van der Waals surface area contributed by atoms with E-state index in [1.807, 2.05) is 0 Å². The molecule has 0 atom stereocenters. The second-order valence-corrected chi connectivity index (χ2v) is 3.81. The molecule has 19 heavy (non-hydrogen) atoms. The molecule has 106 valence electrons. The fourth-order valence-corrected chi connectivity index (χ4v) is 1.56. The van der Waals surface area contributed by atoms with Crippen molar-refractivity contribution in [1.29, 1.82) is 0 Å². The normalized spacial score (nSPS) is 10.4. The standard InChI is InChI=1S/C11H18N4O4/c1-18-7-5-14(6-8-19-2)11-9(15(16)17)3-4-10(12)13-11/h3-4H,5-8H2,1-2H3,(H2,12,13). The molecular formula is C11H18N4O4. The largest absolute Gasteiger partial charge is 0.384 e. The summed E-state index contributed by atoms with van der Waals surface area (Å²) in [5, 5.41) is 11.0. The number of nitrogens with zero attached hydrogens (tertiary/aromatic N) is 3. The number of aromatic nitrogens is 1. The number of anilines is 2. The maximum Gasteiger partial charge on any atom is 0.311 e. The molecule has 0 aliphatic rings. The fraction of sp³-hybridized carbons (Fsp3) is 0.545. The Labute approximate surface area is 111 Å². The van der Waals surface area contributed by atoms with Crippen LogP contribution in [0.15, 0.2) is 12.1 Å². The average Bonchev–Trinajstić information content (AvgIpc) is 2.38. The van der Waals surface area contributed by atoms with Gasteiger partial charge in [-0.2, -0.15) is 0 Å². The first-order chi connectivity index (χ1) is 9.10. The molecule has 0 aliphatic carbocycles.